The van der Waals surface area contributed by atoms with Crippen molar-refractivity contribution >= 4 is 44.3 Å². The fourth-order valence-electron chi connectivity index (χ4n) is 5.94. The van der Waals surface area contributed by atoms with Crippen molar-refractivity contribution in [1.82, 2.24) is 19.0 Å². The first kappa shape index (κ1) is 26.0. The van der Waals surface area contributed by atoms with Gasteiger partial charge in [0.1, 0.15) is 17.4 Å². The molecule has 0 N–H and O–H groups in total. The van der Waals surface area contributed by atoms with Crippen molar-refractivity contribution in [2.75, 3.05) is 24.2 Å². The number of carbonyl (C=O) groups excluding carboxylic acids is 1. The Hall–Kier alpha value is -3.28. The third kappa shape index (κ3) is 4.52. The van der Waals surface area contributed by atoms with Gasteiger partial charge in [0.2, 0.25) is 15.9 Å². The van der Waals surface area contributed by atoms with Crippen LogP contribution in [0.4, 0.5) is 10.1 Å². The molecule has 2 fully saturated rings. The van der Waals surface area contributed by atoms with Crippen LogP contribution in [0.2, 0.25) is 5.02 Å². The molecule has 2 saturated heterocycles. The number of benzene rings is 2. The topological polar surface area (TPSA) is 102 Å². The summed E-state index contributed by atoms with van der Waals surface area (Å²) in [5.74, 6) is 0.642. The van der Waals surface area contributed by atoms with Crippen molar-refractivity contribution in [3.8, 4) is 11.1 Å². The Balaban J connectivity index is 1.52. The highest BCUT2D eigenvalue weighted by Crippen LogP contribution is 2.42. The van der Waals surface area contributed by atoms with Crippen molar-refractivity contribution in [2.45, 2.75) is 45.2 Å². The van der Waals surface area contributed by atoms with Crippen molar-refractivity contribution in [3.05, 3.63) is 64.5 Å². The summed E-state index contributed by atoms with van der Waals surface area (Å²) in [5.41, 5.74) is 4.46. The number of imidazole rings is 1. The maximum Gasteiger partial charge on any atom is 0.227 e. The van der Waals surface area contributed by atoms with E-state index in [1.807, 2.05) is 32.0 Å². The number of amides is 1. The van der Waals surface area contributed by atoms with Gasteiger partial charge in [-0.1, -0.05) is 22.8 Å². The van der Waals surface area contributed by atoms with E-state index in [0.717, 1.165) is 22.3 Å². The molecule has 0 saturated carbocycles. The number of hydrogen-bond donors (Lipinski definition) is 0. The molecule has 12 heteroatoms. The molecule has 39 heavy (non-hydrogen) atoms. The standard InChI is InChI=1S/C27H27ClFN5O4S/c1-15-26(16(2)38-31-15)17-4-5-23-22(10-17)30-27(34(23)20-8-9-32(14-20)39(3,36)37)24-6-7-25(35)33(24)21-12-18(28)11-19(29)13-21/h4-5,10-13,20,24H,6-9,14H2,1-3H3. The van der Waals surface area contributed by atoms with Crippen LogP contribution < -0.4 is 4.90 Å². The van der Waals surface area contributed by atoms with Crippen LogP contribution in [-0.2, 0) is 14.8 Å². The second-order valence-corrected chi connectivity index (χ2v) is 12.7. The molecular weight excluding hydrogens is 545 g/mol. The number of anilines is 1. The van der Waals surface area contributed by atoms with E-state index in [1.165, 1.54) is 22.7 Å². The number of nitrogens with zero attached hydrogens (tertiary/aromatic N) is 5. The highest BCUT2D eigenvalue weighted by atomic mass is 35.5. The Labute approximate surface area is 230 Å². The Kier molecular flexibility index (Phi) is 6.28. The Morgan fingerprint density at radius 2 is 1.92 bits per heavy atom. The predicted molar refractivity (Wildman–Crippen MR) is 146 cm³/mol. The molecule has 0 aliphatic carbocycles. The summed E-state index contributed by atoms with van der Waals surface area (Å²) >= 11 is 6.15. The molecule has 2 aliphatic rings. The zero-order valence-electron chi connectivity index (χ0n) is 21.7. The summed E-state index contributed by atoms with van der Waals surface area (Å²) < 4.78 is 47.9. The second kappa shape index (κ2) is 9.42. The molecule has 9 nitrogen and oxygen atoms in total. The lowest BCUT2D eigenvalue weighted by Gasteiger charge is -2.27. The summed E-state index contributed by atoms with van der Waals surface area (Å²) in [6.07, 6.45) is 2.56. The fraction of sp³-hybridized carbons (Fsp3) is 0.370. The number of fused-ring (bicyclic) bond motifs is 1. The third-order valence-corrected chi connectivity index (χ3v) is 9.12. The van der Waals surface area contributed by atoms with Crippen LogP contribution in [0.3, 0.4) is 0 Å². The highest BCUT2D eigenvalue weighted by Gasteiger charge is 2.40. The van der Waals surface area contributed by atoms with Crippen LogP contribution in [0.5, 0.6) is 0 Å². The first-order chi connectivity index (χ1) is 18.5. The smallest absolute Gasteiger partial charge is 0.227 e. The average molecular weight is 572 g/mol. The van der Waals surface area contributed by atoms with Crippen molar-refractivity contribution < 1.29 is 22.1 Å². The number of carbonyl (C=O) groups is 1. The van der Waals surface area contributed by atoms with Gasteiger partial charge in [-0.2, -0.15) is 0 Å². The minimum atomic E-state index is -3.37. The molecule has 1 amide bonds. The molecule has 2 unspecified atom stereocenters. The summed E-state index contributed by atoms with van der Waals surface area (Å²) in [6, 6.07) is 9.32. The van der Waals surface area contributed by atoms with Crippen molar-refractivity contribution in [1.29, 1.82) is 0 Å². The van der Waals surface area contributed by atoms with Gasteiger partial charge in [0.05, 0.1) is 35.1 Å². The van der Waals surface area contributed by atoms with Crippen LogP contribution in [0.25, 0.3) is 22.2 Å². The number of halogens is 2. The van der Waals surface area contributed by atoms with Gasteiger partial charge in [-0.15, -0.1) is 0 Å². The summed E-state index contributed by atoms with van der Waals surface area (Å²) in [6.45, 7) is 4.43. The quantitative estimate of drug-likeness (QED) is 0.327. The van der Waals surface area contributed by atoms with Crippen LogP contribution in [0, 0.1) is 19.7 Å². The van der Waals surface area contributed by atoms with E-state index >= 15 is 0 Å². The van der Waals surface area contributed by atoms with E-state index in [-0.39, 0.29) is 23.4 Å². The van der Waals surface area contributed by atoms with Gasteiger partial charge >= 0.3 is 0 Å². The first-order valence-electron chi connectivity index (χ1n) is 12.7. The normalized spacial score (nSPS) is 20.5. The van der Waals surface area contributed by atoms with Gasteiger partial charge in [0.25, 0.3) is 0 Å². The van der Waals surface area contributed by atoms with E-state index in [1.54, 1.807) is 11.0 Å². The van der Waals surface area contributed by atoms with E-state index in [4.69, 9.17) is 21.1 Å². The predicted octanol–water partition coefficient (Wildman–Crippen LogP) is 5.18. The number of sulfonamides is 1. The average Bonchev–Trinajstić information content (AvgIpc) is 3.62. The molecule has 204 valence electrons. The van der Waals surface area contributed by atoms with E-state index in [0.29, 0.717) is 48.7 Å². The summed E-state index contributed by atoms with van der Waals surface area (Å²) in [5, 5.41) is 4.27. The molecule has 0 radical (unpaired) electrons. The third-order valence-electron chi connectivity index (χ3n) is 7.63. The maximum absolute atomic E-state index is 14.3. The molecule has 0 spiro atoms. The second-order valence-electron chi connectivity index (χ2n) is 10.3. The zero-order valence-corrected chi connectivity index (χ0v) is 23.3. The molecular formula is C27H27ClFN5O4S. The Morgan fingerprint density at radius 3 is 2.59 bits per heavy atom. The minimum absolute atomic E-state index is 0.152. The fourth-order valence-corrected chi connectivity index (χ4v) is 7.04. The highest BCUT2D eigenvalue weighted by molar-refractivity contribution is 7.88. The lowest BCUT2D eigenvalue weighted by Crippen LogP contribution is -2.31. The first-order valence-corrected chi connectivity index (χ1v) is 14.9. The minimum Gasteiger partial charge on any atom is -0.361 e. The Bertz CT molecular complexity index is 1690. The molecule has 4 heterocycles. The van der Waals surface area contributed by atoms with Crippen LogP contribution in [-0.4, -0.2) is 52.7 Å². The number of aryl methyl sites for hydroxylation is 2. The van der Waals surface area contributed by atoms with E-state index < -0.39 is 21.9 Å². The molecule has 2 atom stereocenters. The molecule has 2 aromatic carbocycles. The number of rotatable bonds is 5. The lowest BCUT2D eigenvalue weighted by atomic mass is 10.0. The van der Waals surface area contributed by atoms with Gasteiger partial charge in [-0.05, 0) is 62.6 Å². The SMILES string of the molecule is Cc1noc(C)c1-c1ccc2c(c1)nc(C1CCC(=O)N1c1cc(F)cc(Cl)c1)n2C1CCN(S(C)(=O)=O)C1. The van der Waals surface area contributed by atoms with Gasteiger partial charge < -0.3 is 14.0 Å². The van der Waals surface area contributed by atoms with Crippen molar-refractivity contribution in [3.63, 3.8) is 0 Å². The summed E-state index contributed by atoms with van der Waals surface area (Å²) in [4.78, 5) is 19.7. The molecule has 4 aromatic rings. The molecule has 2 aromatic heterocycles. The van der Waals surface area contributed by atoms with Crippen LogP contribution >= 0.6 is 11.6 Å². The number of hydrogen-bond acceptors (Lipinski definition) is 6. The number of aromatic nitrogens is 3. The molecule has 0 bridgehead atoms. The summed E-state index contributed by atoms with van der Waals surface area (Å²) in [7, 11) is -3.37. The Morgan fingerprint density at radius 1 is 1.13 bits per heavy atom. The monoisotopic (exact) mass is 571 g/mol. The zero-order chi connectivity index (χ0) is 27.6. The van der Waals surface area contributed by atoms with Gasteiger partial charge in [-0.3, -0.25) is 4.79 Å². The van der Waals surface area contributed by atoms with E-state index in [2.05, 4.69) is 9.72 Å². The maximum atomic E-state index is 14.3. The van der Waals surface area contributed by atoms with E-state index in [9.17, 15) is 17.6 Å². The molecule has 2 aliphatic heterocycles. The van der Waals surface area contributed by atoms with Crippen LogP contribution in [0.15, 0.2) is 40.9 Å². The molecule has 6 rings (SSSR count). The van der Waals surface area contributed by atoms with Crippen LogP contribution in [0.1, 0.15) is 48.6 Å². The van der Waals surface area contributed by atoms with Gasteiger partial charge in [-0.25, -0.2) is 22.1 Å². The van der Waals surface area contributed by atoms with Gasteiger partial charge in [0, 0.05) is 35.8 Å². The van der Waals surface area contributed by atoms with Gasteiger partial charge in [0.15, 0.2) is 0 Å². The lowest BCUT2D eigenvalue weighted by molar-refractivity contribution is -0.117. The largest absolute Gasteiger partial charge is 0.361 e. The van der Waals surface area contributed by atoms with Crippen molar-refractivity contribution in [2.24, 2.45) is 0 Å².